The number of hydrogen-bond acceptors (Lipinski definition) is 3. The van der Waals surface area contributed by atoms with Gasteiger partial charge in [-0.2, -0.15) is 0 Å². The number of piperidine rings is 1. The highest BCUT2D eigenvalue weighted by molar-refractivity contribution is 4.86. The number of ether oxygens (including phenoxy) is 1. The van der Waals surface area contributed by atoms with Crippen molar-refractivity contribution < 1.29 is 4.74 Å². The van der Waals surface area contributed by atoms with E-state index < -0.39 is 0 Å². The maximum Gasteiger partial charge on any atom is 0.0608 e. The molecule has 1 N–H and O–H groups in total. The van der Waals surface area contributed by atoms with Crippen molar-refractivity contribution in [2.45, 2.75) is 57.3 Å². The molecule has 1 saturated heterocycles. The third-order valence-electron chi connectivity index (χ3n) is 3.96. The van der Waals surface area contributed by atoms with Gasteiger partial charge in [0.25, 0.3) is 0 Å². The molecule has 0 amide bonds. The molecule has 3 heteroatoms. The van der Waals surface area contributed by atoms with Gasteiger partial charge in [-0.15, -0.1) is 0 Å². The van der Waals surface area contributed by atoms with E-state index >= 15 is 0 Å². The van der Waals surface area contributed by atoms with Gasteiger partial charge in [0.1, 0.15) is 0 Å². The van der Waals surface area contributed by atoms with Gasteiger partial charge in [0, 0.05) is 19.1 Å². The SMILES string of the molecule is CCCN1CCC(OC2CC(NC)C2)CC1. The fraction of sp³-hybridized carbons (Fsp3) is 1.00. The van der Waals surface area contributed by atoms with Gasteiger partial charge in [-0.25, -0.2) is 0 Å². The van der Waals surface area contributed by atoms with Crippen LogP contribution in [-0.4, -0.2) is 49.8 Å². The van der Waals surface area contributed by atoms with Gasteiger partial charge in [-0.1, -0.05) is 6.92 Å². The Bertz CT molecular complexity index is 196. The summed E-state index contributed by atoms with van der Waals surface area (Å²) in [4.78, 5) is 2.57. The van der Waals surface area contributed by atoms with E-state index in [4.69, 9.17) is 4.74 Å². The first kappa shape index (κ1) is 12.3. The second kappa shape index (κ2) is 5.99. The van der Waals surface area contributed by atoms with Crippen molar-refractivity contribution in [3.8, 4) is 0 Å². The average molecular weight is 226 g/mol. The summed E-state index contributed by atoms with van der Waals surface area (Å²) in [5.41, 5.74) is 0. The number of nitrogens with one attached hydrogen (secondary N) is 1. The van der Waals surface area contributed by atoms with Crippen molar-refractivity contribution >= 4 is 0 Å². The van der Waals surface area contributed by atoms with E-state index in [1.54, 1.807) is 0 Å². The van der Waals surface area contributed by atoms with Gasteiger partial charge in [0.05, 0.1) is 12.2 Å². The highest BCUT2D eigenvalue weighted by Crippen LogP contribution is 2.27. The van der Waals surface area contributed by atoms with Gasteiger partial charge in [-0.05, 0) is 45.7 Å². The Morgan fingerprint density at radius 2 is 1.88 bits per heavy atom. The molecule has 1 aliphatic carbocycles. The number of nitrogens with zero attached hydrogens (tertiary/aromatic N) is 1. The lowest BCUT2D eigenvalue weighted by atomic mass is 9.89. The molecule has 2 rings (SSSR count). The Labute approximate surface area is 99.5 Å². The van der Waals surface area contributed by atoms with Gasteiger partial charge >= 0.3 is 0 Å². The monoisotopic (exact) mass is 226 g/mol. The van der Waals surface area contributed by atoms with E-state index in [1.807, 2.05) is 7.05 Å². The molecule has 2 fully saturated rings. The van der Waals surface area contributed by atoms with Crippen LogP contribution in [0.15, 0.2) is 0 Å². The van der Waals surface area contributed by atoms with Gasteiger partial charge in [-0.3, -0.25) is 0 Å². The molecule has 0 unspecified atom stereocenters. The predicted octanol–water partition coefficient (Wildman–Crippen LogP) is 1.63. The van der Waals surface area contributed by atoms with Crippen LogP contribution >= 0.6 is 0 Å². The lowest BCUT2D eigenvalue weighted by Gasteiger charge is -2.40. The Kier molecular flexibility index (Phi) is 4.62. The molecule has 16 heavy (non-hydrogen) atoms. The number of hydrogen-bond donors (Lipinski definition) is 1. The van der Waals surface area contributed by atoms with Crippen LogP contribution in [0.3, 0.4) is 0 Å². The number of likely N-dealkylation sites (tertiary alicyclic amines) is 1. The van der Waals surface area contributed by atoms with Crippen LogP contribution in [0.4, 0.5) is 0 Å². The highest BCUT2D eigenvalue weighted by Gasteiger charge is 2.31. The molecule has 0 aromatic heterocycles. The van der Waals surface area contributed by atoms with Crippen molar-refractivity contribution in [3.63, 3.8) is 0 Å². The van der Waals surface area contributed by atoms with Gasteiger partial charge < -0.3 is 15.0 Å². The quantitative estimate of drug-likeness (QED) is 0.771. The smallest absolute Gasteiger partial charge is 0.0608 e. The van der Waals surface area contributed by atoms with Crippen molar-refractivity contribution in [2.75, 3.05) is 26.7 Å². The molecule has 0 spiro atoms. The summed E-state index contributed by atoms with van der Waals surface area (Å²) in [6, 6.07) is 0.713. The third-order valence-corrected chi connectivity index (χ3v) is 3.96. The van der Waals surface area contributed by atoms with Crippen molar-refractivity contribution in [2.24, 2.45) is 0 Å². The first-order valence-corrected chi connectivity index (χ1v) is 6.87. The molecule has 94 valence electrons. The summed E-state index contributed by atoms with van der Waals surface area (Å²) in [7, 11) is 2.05. The first-order chi connectivity index (χ1) is 7.81. The molecule has 0 radical (unpaired) electrons. The molecule has 0 aromatic carbocycles. The maximum absolute atomic E-state index is 6.12. The average Bonchev–Trinajstić information content (AvgIpc) is 2.25. The lowest BCUT2D eigenvalue weighted by molar-refractivity contribution is -0.0832. The van der Waals surface area contributed by atoms with Crippen molar-refractivity contribution in [1.82, 2.24) is 10.2 Å². The van der Waals surface area contributed by atoms with E-state index in [0.29, 0.717) is 18.2 Å². The molecule has 2 aliphatic rings. The standard InChI is InChI=1S/C13H26N2O/c1-3-6-15-7-4-12(5-8-15)16-13-9-11(10-13)14-2/h11-14H,3-10H2,1-2H3. The van der Waals surface area contributed by atoms with Crippen molar-refractivity contribution in [3.05, 3.63) is 0 Å². The van der Waals surface area contributed by atoms with E-state index in [2.05, 4.69) is 17.1 Å². The zero-order chi connectivity index (χ0) is 11.4. The van der Waals surface area contributed by atoms with Crippen LogP contribution in [0.1, 0.15) is 39.0 Å². The zero-order valence-corrected chi connectivity index (χ0v) is 10.7. The Morgan fingerprint density at radius 3 is 2.44 bits per heavy atom. The summed E-state index contributed by atoms with van der Waals surface area (Å²) < 4.78 is 6.12. The summed E-state index contributed by atoms with van der Waals surface area (Å²) in [5.74, 6) is 0. The Balaban J connectivity index is 1.59. The van der Waals surface area contributed by atoms with Crippen LogP contribution in [-0.2, 0) is 4.74 Å². The number of rotatable bonds is 5. The Hall–Kier alpha value is -0.120. The van der Waals surface area contributed by atoms with Crippen LogP contribution in [0.5, 0.6) is 0 Å². The van der Waals surface area contributed by atoms with E-state index in [1.165, 1.54) is 51.7 Å². The van der Waals surface area contributed by atoms with Gasteiger partial charge in [0.15, 0.2) is 0 Å². The van der Waals surface area contributed by atoms with Crippen LogP contribution in [0, 0.1) is 0 Å². The fourth-order valence-electron chi connectivity index (χ4n) is 2.77. The van der Waals surface area contributed by atoms with E-state index in [-0.39, 0.29) is 0 Å². The summed E-state index contributed by atoms with van der Waals surface area (Å²) in [6.45, 7) is 5.99. The largest absolute Gasteiger partial charge is 0.375 e. The molecule has 1 heterocycles. The fourth-order valence-corrected chi connectivity index (χ4v) is 2.77. The van der Waals surface area contributed by atoms with Crippen LogP contribution in [0.25, 0.3) is 0 Å². The lowest BCUT2D eigenvalue weighted by Crippen LogP contribution is -2.47. The zero-order valence-electron chi connectivity index (χ0n) is 10.7. The second-order valence-corrected chi connectivity index (χ2v) is 5.26. The second-order valence-electron chi connectivity index (χ2n) is 5.26. The third kappa shape index (κ3) is 3.19. The Morgan fingerprint density at radius 1 is 1.19 bits per heavy atom. The minimum Gasteiger partial charge on any atom is -0.375 e. The molecule has 1 saturated carbocycles. The topological polar surface area (TPSA) is 24.5 Å². The molecular formula is C13H26N2O. The normalized spacial score (nSPS) is 32.6. The van der Waals surface area contributed by atoms with Crippen molar-refractivity contribution in [1.29, 1.82) is 0 Å². The molecule has 0 bridgehead atoms. The summed E-state index contributed by atoms with van der Waals surface area (Å²) in [5, 5.41) is 3.30. The minimum absolute atomic E-state index is 0.538. The minimum atomic E-state index is 0.538. The van der Waals surface area contributed by atoms with E-state index in [0.717, 1.165) is 0 Å². The molecule has 0 aromatic rings. The van der Waals surface area contributed by atoms with E-state index in [9.17, 15) is 0 Å². The molecule has 1 aliphatic heterocycles. The van der Waals surface area contributed by atoms with Crippen LogP contribution < -0.4 is 5.32 Å². The highest BCUT2D eigenvalue weighted by atomic mass is 16.5. The molecular weight excluding hydrogens is 200 g/mol. The maximum atomic E-state index is 6.12. The molecule has 0 atom stereocenters. The predicted molar refractivity (Wildman–Crippen MR) is 66.7 cm³/mol. The molecule has 3 nitrogen and oxygen atoms in total. The first-order valence-electron chi connectivity index (χ1n) is 6.87. The summed E-state index contributed by atoms with van der Waals surface area (Å²) >= 11 is 0. The van der Waals surface area contributed by atoms with Gasteiger partial charge in [0.2, 0.25) is 0 Å². The van der Waals surface area contributed by atoms with Crippen LogP contribution in [0.2, 0.25) is 0 Å². The summed E-state index contributed by atoms with van der Waals surface area (Å²) in [6.07, 6.45) is 7.26.